The number of ether oxygens (including phenoxy) is 1. The van der Waals surface area contributed by atoms with Crippen LogP contribution in [0.15, 0.2) is 42.7 Å². The molecule has 2 N–H and O–H groups in total. The van der Waals surface area contributed by atoms with Gasteiger partial charge in [0.05, 0.1) is 17.8 Å². The van der Waals surface area contributed by atoms with Gasteiger partial charge < -0.3 is 15.2 Å². The summed E-state index contributed by atoms with van der Waals surface area (Å²) in [6, 6.07) is 9.18. The summed E-state index contributed by atoms with van der Waals surface area (Å²) in [5, 5.41) is 16.8. The highest BCUT2D eigenvalue weighted by molar-refractivity contribution is 6.30. The number of rotatable bonds is 7. The van der Waals surface area contributed by atoms with Crippen molar-refractivity contribution in [2.75, 3.05) is 0 Å². The van der Waals surface area contributed by atoms with Crippen LogP contribution in [0.5, 0.6) is 0 Å². The number of carbonyl (C=O) groups excluding carboxylic acids is 1. The van der Waals surface area contributed by atoms with E-state index in [0.29, 0.717) is 5.02 Å². The van der Waals surface area contributed by atoms with Gasteiger partial charge in [0.1, 0.15) is 6.61 Å². The quantitative estimate of drug-likeness (QED) is 0.788. The standard InChI is InChI=1S/C17H18ClN3O4/c18-14-8-19-21(9-14)11-17(15(22)23,13-6-7-13)20-16(24)25-10-12-4-2-1-3-5-12/h1-5,8-9,13H,6-7,10-11H2,(H,20,24)(H,22,23). The third kappa shape index (κ3) is 4.11. The fourth-order valence-electron chi connectivity index (χ4n) is 2.76. The van der Waals surface area contributed by atoms with Crippen molar-refractivity contribution in [1.82, 2.24) is 15.1 Å². The topological polar surface area (TPSA) is 93.5 Å². The SMILES string of the molecule is O=C(NC(Cn1cc(Cl)cn1)(C(=O)O)C1CC1)OCc1ccccc1. The molecular formula is C17H18ClN3O4. The molecule has 1 heterocycles. The van der Waals surface area contributed by atoms with E-state index in [1.807, 2.05) is 30.3 Å². The summed E-state index contributed by atoms with van der Waals surface area (Å²) in [6.07, 6.45) is 3.63. The fourth-order valence-corrected chi connectivity index (χ4v) is 2.92. The minimum Gasteiger partial charge on any atom is -0.479 e. The van der Waals surface area contributed by atoms with Gasteiger partial charge in [-0.05, 0) is 24.3 Å². The van der Waals surface area contributed by atoms with Crippen molar-refractivity contribution in [3.05, 3.63) is 53.3 Å². The van der Waals surface area contributed by atoms with Gasteiger partial charge in [-0.15, -0.1) is 0 Å². The zero-order chi connectivity index (χ0) is 17.9. The van der Waals surface area contributed by atoms with Gasteiger partial charge in [0, 0.05) is 6.20 Å². The maximum Gasteiger partial charge on any atom is 0.408 e. The second kappa shape index (κ2) is 7.14. The molecule has 1 aromatic carbocycles. The Bertz CT molecular complexity index is 760. The third-order valence-corrected chi connectivity index (χ3v) is 4.40. The summed E-state index contributed by atoms with van der Waals surface area (Å²) in [7, 11) is 0. The lowest BCUT2D eigenvalue weighted by Gasteiger charge is -2.30. The molecule has 132 valence electrons. The van der Waals surface area contributed by atoms with E-state index >= 15 is 0 Å². The molecular weight excluding hydrogens is 346 g/mol. The number of benzene rings is 1. The van der Waals surface area contributed by atoms with Crippen molar-refractivity contribution in [3.8, 4) is 0 Å². The van der Waals surface area contributed by atoms with Gasteiger partial charge in [-0.1, -0.05) is 41.9 Å². The van der Waals surface area contributed by atoms with Crippen molar-refractivity contribution < 1.29 is 19.4 Å². The van der Waals surface area contributed by atoms with Crippen LogP contribution < -0.4 is 5.32 Å². The monoisotopic (exact) mass is 363 g/mol. The van der Waals surface area contributed by atoms with E-state index < -0.39 is 17.6 Å². The van der Waals surface area contributed by atoms with Crippen molar-refractivity contribution >= 4 is 23.7 Å². The molecule has 0 saturated heterocycles. The van der Waals surface area contributed by atoms with E-state index in [9.17, 15) is 14.7 Å². The Morgan fingerprint density at radius 3 is 2.64 bits per heavy atom. The first-order valence-corrected chi connectivity index (χ1v) is 8.27. The van der Waals surface area contributed by atoms with Crippen molar-refractivity contribution in [1.29, 1.82) is 0 Å². The maximum atomic E-state index is 12.2. The van der Waals surface area contributed by atoms with Gasteiger partial charge in [-0.2, -0.15) is 5.10 Å². The maximum absolute atomic E-state index is 12.2. The number of nitrogens with one attached hydrogen (secondary N) is 1. The molecule has 8 heteroatoms. The molecule has 25 heavy (non-hydrogen) atoms. The summed E-state index contributed by atoms with van der Waals surface area (Å²) in [5.41, 5.74) is -0.646. The minimum absolute atomic E-state index is 0.0137. The van der Waals surface area contributed by atoms with Crippen LogP contribution in [0, 0.1) is 5.92 Å². The Kier molecular flexibility index (Phi) is 4.94. The van der Waals surface area contributed by atoms with Crippen LogP contribution in [0.3, 0.4) is 0 Å². The van der Waals surface area contributed by atoms with Crippen LogP contribution >= 0.6 is 11.6 Å². The molecule has 0 radical (unpaired) electrons. The van der Waals surface area contributed by atoms with Crippen molar-refractivity contribution in [2.45, 2.75) is 31.5 Å². The van der Waals surface area contributed by atoms with Crippen LogP contribution in [-0.2, 0) is 22.7 Å². The van der Waals surface area contributed by atoms with Gasteiger partial charge in [0.2, 0.25) is 0 Å². The number of halogens is 1. The number of carboxylic acids is 1. The highest BCUT2D eigenvalue weighted by atomic mass is 35.5. The molecule has 1 aromatic heterocycles. The van der Waals surface area contributed by atoms with Crippen LogP contribution in [0.4, 0.5) is 4.79 Å². The molecule has 0 aliphatic heterocycles. The molecule has 0 spiro atoms. The average Bonchev–Trinajstić information content (AvgIpc) is 3.37. The van der Waals surface area contributed by atoms with Gasteiger partial charge >= 0.3 is 12.1 Å². The number of nitrogens with zero attached hydrogens (tertiary/aromatic N) is 2. The van der Waals surface area contributed by atoms with Crippen LogP contribution in [0.1, 0.15) is 18.4 Å². The predicted molar refractivity (Wildman–Crippen MR) is 90.1 cm³/mol. The Balaban J connectivity index is 1.71. The summed E-state index contributed by atoms with van der Waals surface area (Å²) < 4.78 is 6.61. The van der Waals surface area contributed by atoms with E-state index in [0.717, 1.165) is 18.4 Å². The Labute approximate surface area is 149 Å². The summed E-state index contributed by atoms with van der Waals surface area (Å²) in [5.74, 6) is -1.28. The molecule has 1 saturated carbocycles. The number of alkyl carbamates (subject to hydrolysis) is 1. The molecule has 1 unspecified atom stereocenters. The van der Waals surface area contributed by atoms with E-state index in [4.69, 9.17) is 16.3 Å². The zero-order valence-corrected chi connectivity index (χ0v) is 14.1. The van der Waals surface area contributed by atoms with E-state index in [1.54, 1.807) is 0 Å². The number of hydrogen-bond acceptors (Lipinski definition) is 4. The molecule has 1 aliphatic rings. The van der Waals surface area contributed by atoms with Crippen LogP contribution in [-0.4, -0.2) is 32.5 Å². The largest absolute Gasteiger partial charge is 0.479 e. The fraction of sp³-hybridized carbons (Fsp3) is 0.353. The van der Waals surface area contributed by atoms with Crippen molar-refractivity contribution in [2.24, 2.45) is 5.92 Å². The van der Waals surface area contributed by atoms with E-state index in [-0.39, 0.29) is 19.1 Å². The summed E-state index contributed by atoms with van der Waals surface area (Å²) >= 11 is 5.84. The number of hydrogen-bond donors (Lipinski definition) is 2. The normalized spacial score (nSPS) is 16.0. The lowest BCUT2D eigenvalue weighted by atomic mass is 9.93. The molecule has 0 bridgehead atoms. The molecule has 1 aliphatic carbocycles. The molecule has 2 aromatic rings. The molecule has 7 nitrogen and oxygen atoms in total. The number of carboxylic acid groups (broad SMARTS) is 1. The minimum atomic E-state index is -1.47. The van der Waals surface area contributed by atoms with Gasteiger partial charge in [0.15, 0.2) is 5.54 Å². The third-order valence-electron chi connectivity index (χ3n) is 4.21. The second-order valence-electron chi connectivity index (χ2n) is 6.09. The Morgan fingerprint density at radius 2 is 2.08 bits per heavy atom. The zero-order valence-electron chi connectivity index (χ0n) is 13.4. The first kappa shape index (κ1) is 17.3. The Morgan fingerprint density at radius 1 is 1.36 bits per heavy atom. The number of aromatic nitrogens is 2. The van der Waals surface area contributed by atoms with Gasteiger partial charge in [0.25, 0.3) is 0 Å². The second-order valence-corrected chi connectivity index (χ2v) is 6.53. The number of carbonyl (C=O) groups is 2. The molecule has 1 fully saturated rings. The van der Waals surface area contributed by atoms with Crippen molar-refractivity contribution in [3.63, 3.8) is 0 Å². The summed E-state index contributed by atoms with van der Waals surface area (Å²) in [6.45, 7) is 0.0563. The predicted octanol–water partition coefficient (Wildman–Crippen LogP) is 2.70. The van der Waals surface area contributed by atoms with Crippen LogP contribution in [0.2, 0.25) is 5.02 Å². The first-order chi connectivity index (χ1) is 12.0. The average molecular weight is 364 g/mol. The van der Waals surface area contributed by atoms with E-state index in [1.165, 1.54) is 17.1 Å². The van der Waals surface area contributed by atoms with Crippen LogP contribution in [0.25, 0.3) is 0 Å². The lowest BCUT2D eigenvalue weighted by molar-refractivity contribution is -0.146. The first-order valence-electron chi connectivity index (χ1n) is 7.90. The molecule has 1 atom stereocenters. The smallest absolute Gasteiger partial charge is 0.408 e. The number of amides is 1. The van der Waals surface area contributed by atoms with E-state index in [2.05, 4.69) is 10.4 Å². The Hall–Kier alpha value is -2.54. The highest BCUT2D eigenvalue weighted by Gasteiger charge is 2.53. The molecule has 3 rings (SSSR count). The lowest BCUT2D eigenvalue weighted by Crippen LogP contribution is -2.59. The van der Waals surface area contributed by atoms with Gasteiger partial charge in [-0.25, -0.2) is 9.59 Å². The summed E-state index contributed by atoms with van der Waals surface area (Å²) in [4.78, 5) is 24.2. The number of aliphatic carboxylic acids is 1. The molecule has 1 amide bonds. The highest BCUT2D eigenvalue weighted by Crippen LogP contribution is 2.41. The van der Waals surface area contributed by atoms with Gasteiger partial charge in [-0.3, -0.25) is 4.68 Å².